The molecule has 2 heteroatoms. The number of carbonyl (C=O) groups excluding carboxylic acids is 1. The third-order valence-corrected chi connectivity index (χ3v) is 3.08. The lowest BCUT2D eigenvalue weighted by atomic mass is 9.89. The zero-order chi connectivity index (χ0) is 11.6. The minimum atomic E-state index is 0.223. The standard InChI is InChI=1S/C13H18O2/c1-8(5-6-14)12-7-9(2)13(15)11(4)10(12)3/h6-8,15H,5H2,1-4H3. The Kier molecular flexibility index (Phi) is 3.51. The van der Waals surface area contributed by atoms with Gasteiger partial charge in [-0.1, -0.05) is 13.0 Å². The van der Waals surface area contributed by atoms with Crippen molar-refractivity contribution in [1.29, 1.82) is 0 Å². The molecule has 1 aromatic carbocycles. The van der Waals surface area contributed by atoms with E-state index in [1.165, 1.54) is 0 Å². The lowest BCUT2D eigenvalue weighted by Gasteiger charge is -2.17. The Morgan fingerprint density at radius 3 is 2.47 bits per heavy atom. The van der Waals surface area contributed by atoms with Crippen LogP contribution in [0, 0.1) is 20.8 Å². The van der Waals surface area contributed by atoms with Gasteiger partial charge >= 0.3 is 0 Å². The first-order valence-corrected chi connectivity index (χ1v) is 5.22. The summed E-state index contributed by atoms with van der Waals surface area (Å²) < 4.78 is 0. The molecule has 82 valence electrons. The Balaban J connectivity index is 3.25. The average molecular weight is 206 g/mol. The van der Waals surface area contributed by atoms with E-state index in [1.54, 1.807) is 0 Å². The van der Waals surface area contributed by atoms with E-state index in [4.69, 9.17) is 0 Å². The van der Waals surface area contributed by atoms with Crippen LogP contribution < -0.4 is 0 Å². The molecule has 1 aromatic rings. The van der Waals surface area contributed by atoms with Crippen LogP contribution in [0.5, 0.6) is 5.75 Å². The summed E-state index contributed by atoms with van der Waals surface area (Å²) in [6.07, 6.45) is 1.48. The molecular formula is C13H18O2. The van der Waals surface area contributed by atoms with Crippen molar-refractivity contribution in [3.05, 3.63) is 28.3 Å². The third-order valence-electron chi connectivity index (χ3n) is 3.08. The highest BCUT2D eigenvalue weighted by Crippen LogP contribution is 2.32. The van der Waals surface area contributed by atoms with Crippen LogP contribution in [0.15, 0.2) is 6.07 Å². The maximum absolute atomic E-state index is 10.5. The zero-order valence-electron chi connectivity index (χ0n) is 9.79. The molecule has 1 unspecified atom stereocenters. The molecule has 0 spiro atoms. The summed E-state index contributed by atoms with van der Waals surface area (Å²) in [6, 6.07) is 1.98. The van der Waals surface area contributed by atoms with Crippen molar-refractivity contribution < 1.29 is 9.90 Å². The van der Waals surface area contributed by atoms with Crippen LogP contribution in [0.4, 0.5) is 0 Å². The van der Waals surface area contributed by atoms with E-state index >= 15 is 0 Å². The fraction of sp³-hybridized carbons (Fsp3) is 0.462. The van der Waals surface area contributed by atoms with Gasteiger partial charge in [0.2, 0.25) is 0 Å². The quantitative estimate of drug-likeness (QED) is 0.772. The number of aryl methyl sites for hydroxylation is 1. The van der Waals surface area contributed by atoms with Gasteiger partial charge in [0.25, 0.3) is 0 Å². The van der Waals surface area contributed by atoms with E-state index in [0.717, 1.165) is 28.5 Å². The fourth-order valence-corrected chi connectivity index (χ4v) is 1.88. The fourth-order valence-electron chi connectivity index (χ4n) is 1.88. The van der Waals surface area contributed by atoms with Gasteiger partial charge < -0.3 is 9.90 Å². The molecular weight excluding hydrogens is 188 g/mol. The number of aromatic hydroxyl groups is 1. The molecule has 0 amide bonds. The van der Waals surface area contributed by atoms with E-state index in [0.29, 0.717) is 12.2 Å². The molecule has 15 heavy (non-hydrogen) atoms. The number of phenolic OH excluding ortho intramolecular Hbond substituents is 1. The second-order valence-corrected chi connectivity index (χ2v) is 4.18. The molecule has 0 fully saturated rings. The highest BCUT2D eigenvalue weighted by molar-refractivity contribution is 5.54. The summed E-state index contributed by atoms with van der Waals surface area (Å²) in [4.78, 5) is 10.5. The largest absolute Gasteiger partial charge is 0.507 e. The Hall–Kier alpha value is -1.31. The topological polar surface area (TPSA) is 37.3 Å². The molecule has 1 N–H and O–H groups in total. The van der Waals surface area contributed by atoms with Crippen LogP contribution in [0.1, 0.15) is 41.5 Å². The van der Waals surface area contributed by atoms with E-state index in [1.807, 2.05) is 33.8 Å². The summed E-state index contributed by atoms with van der Waals surface area (Å²) in [5, 5.41) is 9.75. The lowest BCUT2D eigenvalue weighted by molar-refractivity contribution is -0.108. The van der Waals surface area contributed by atoms with Crippen molar-refractivity contribution >= 4 is 6.29 Å². The summed E-state index contributed by atoms with van der Waals surface area (Å²) >= 11 is 0. The van der Waals surface area contributed by atoms with E-state index < -0.39 is 0 Å². The third kappa shape index (κ3) is 2.20. The minimum Gasteiger partial charge on any atom is -0.507 e. The molecule has 0 aliphatic heterocycles. The Labute approximate surface area is 90.9 Å². The number of rotatable bonds is 3. The monoisotopic (exact) mass is 206 g/mol. The molecule has 2 nitrogen and oxygen atoms in total. The van der Waals surface area contributed by atoms with E-state index in [2.05, 4.69) is 0 Å². The summed E-state index contributed by atoms with van der Waals surface area (Å²) in [5.74, 6) is 0.593. The summed E-state index contributed by atoms with van der Waals surface area (Å²) in [7, 11) is 0. The van der Waals surface area contributed by atoms with Crippen molar-refractivity contribution in [3.8, 4) is 5.75 Å². The van der Waals surface area contributed by atoms with Gasteiger partial charge in [0, 0.05) is 6.42 Å². The zero-order valence-corrected chi connectivity index (χ0v) is 9.79. The average Bonchev–Trinajstić information content (AvgIpc) is 2.20. The molecule has 0 heterocycles. The number of phenols is 1. The molecule has 0 radical (unpaired) electrons. The van der Waals surface area contributed by atoms with Crippen molar-refractivity contribution in [2.24, 2.45) is 0 Å². The van der Waals surface area contributed by atoms with Crippen molar-refractivity contribution in [1.82, 2.24) is 0 Å². The molecule has 0 aliphatic rings. The number of carbonyl (C=O) groups is 1. The first-order chi connectivity index (χ1) is 6.99. The molecule has 0 saturated carbocycles. The highest BCUT2D eigenvalue weighted by Gasteiger charge is 2.13. The van der Waals surface area contributed by atoms with Gasteiger partial charge in [-0.15, -0.1) is 0 Å². The highest BCUT2D eigenvalue weighted by atomic mass is 16.3. The minimum absolute atomic E-state index is 0.223. The van der Waals surface area contributed by atoms with Gasteiger partial charge in [-0.25, -0.2) is 0 Å². The second-order valence-electron chi connectivity index (χ2n) is 4.18. The van der Waals surface area contributed by atoms with Crippen LogP contribution in [-0.2, 0) is 4.79 Å². The van der Waals surface area contributed by atoms with Gasteiger partial charge in [-0.2, -0.15) is 0 Å². The van der Waals surface area contributed by atoms with Gasteiger partial charge in [0.1, 0.15) is 12.0 Å². The molecule has 1 atom stereocenters. The van der Waals surface area contributed by atoms with Crippen LogP contribution in [0.25, 0.3) is 0 Å². The number of benzene rings is 1. The molecule has 0 aromatic heterocycles. The first kappa shape index (κ1) is 11.8. The van der Waals surface area contributed by atoms with Crippen molar-refractivity contribution in [3.63, 3.8) is 0 Å². The molecule has 1 rings (SSSR count). The predicted octanol–water partition coefficient (Wildman–Crippen LogP) is 3.01. The van der Waals surface area contributed by atoms with Gasteiger partial charge in [-0.05, 0) is 48.9 Å². The number of hydrogen-bond acceptors (Lipinski definition) is 2. The molecule has 0 saturated heterocycles. The van der Waals surface area contributed by atoms with Crippen LogP contribution in [0.3, 0.4) is 0 Å². The van der Waals surface area contributed by atoms with Crippen LogP contribution in [0.2, 0.25) is 0 Å². The SMILES string of the molecule is Cc1cc(C(C)CC=O)c(C)c(C)c1O. The van der Waals surface area contributed by atoms with Crippen molar-refractivity contribution in [2.75, 3.05) is 0 Å². The van der Waals surface area contributed by atoms with Gasteiger partial charge in [-0.3, -0.25) is 0 Å². The predicted molar refractivity (Wildman–Crippen MR) is 61.4 cm³/mol. The molecule has 0 aliphatic carbocycles. The maximum atomic E-state index is 10.5. The Bertz CT molecular complexity index is 381. The first-order valence-electron chi connectivity index (χ1n) is 5.22. The van der Waals surface area contributed by atoms with Gasteiger partial charge in [0.05, 0.1) is 0 Å². The number of hydrogen-bond donors (Lipinski definition) is 1. The molecule has 0 bridgehead atoms. The summed E-state index contributed by atoms with van der Waals surface area (Å²) in [5.41, 5.74) is 4.05. The second kappa shape index (κ2) is 4.47. The van der Waals surface area contributed by atoms with E-state index in [9.17, 15) is 9.90 Å². The normalized spacial score (nSPS) is 12.5. The number of aldehydes is 1. The maximum Gasteiger partial charge on any atom is 0.121 e. The Morgan fingerprint density at radius 1 is 1.33 bits per heavy atom. The van der Waals surface area contributed by atoms with E-state index in [-0.39, 0.29) is 5.92 Å². The lowest BCUT2D eigenvalue weighted by Crippen LogP contribution is -2.00. The smallest absolute Gasteiger partial charge is 0.121 e. The van der Waals surface area contributed by atoms with Crippen LogP contribution in [-0.4, -0.2) is 11.4 Å². The summed E-state index contributed by atoms with van der Waals surface area (Å²) in [6.45, 7) is 7.82. The van der Waals surface area contributed by atoms with Crippen molar-refractivity contribution in [2.45, 2.75) is 40.0 Å². The van der Waals surface area contributed by atoms with Gasteiger partial charge in [0.15, 0.2) is 0 Å². The Morgan fingerprint density at radius 2 is 1.93 bits per heavy atom. The van der Waals surface area contributed by atoms with Crippen LogP contribution >= 0.6 is 0 Å².